The van der Waals surface area contributed by atoms with Gasteiger partial charge in [0.15, 0.2) is 0 Å². The molecule has 2 fully saturated rings. The number of nitrogens with zero attached hydrogens (tertiary/aromatic N) is 1. The third-order valence-corrected chi connectivity index (χ3v) is 5.72. The average Bonchev–Trinajstić information content (AvgIpc) is 3.29. The molecule has 23 heavy (non-hydrogen) atoms. The minimum Gasteiger partial charge on any atom is -0.497 e. The molecule has 0 N–H and O–H groups in total. The second-order valence-corrected chi connectivity index (χ2v) is 7.31. The summed E-state index contributed by atoms with van der Waals surface area (Å²) in [5.41, 5.74) is 0.874. The van der Waals surface area contributed by atoms with Crippen LogP contribution in [0.4, 0.5) is 0 Å². The molecule has 0 radical (unpaired) electrons. The second kappa shape index (κ2) is 5.26. The Bertz CT molecular complexity index is 663. The van der Waals surface area contributed by atoms with Crippen LogP contribution in [0.15, 0.2) is 18.2 Å². The van der Waals surface area contributed by atoms with Gasteiger partial charge in [-0.1, -0.05) is 19.1 Å². The van der Waals surface area contributed by atoms with Gasteiger partial charge in [-0.2, -0.15) is 5.26 Å². The molecule has 1 atom stereocenters. The predicted octanol–water partition coefficient (Wildman–Crippen LogP) is 2.94. The fourth-order valence-electron chi connectivity index (χ4n) is 3.22. The fourth-order valence-corrected chi connectivity index (χ4v) is 3.22. The largest absolute Gasteiger partial charge is 0.498 e. The molecule has 1 saturated carbocycles. The van der Waals surface area contributed by atoms with Crippen LogP contribution in [0.3, 0.4) is 0 Å². The van der Waals surface area contributed by atoms with Crippen molar-refractivity contribution < 1.29 is 14.0 Å². The van der Waals surface area contributed by atoms with E-state index in [4.69, 9.17) is 14.0 Å². The van der Waals surface area contributed by atoms with Crippen LogP contribution in [-0.2, 0) is 14.7 Å². The van der Waals surface area contributed by atoms with Crippen molar-refractivity contribution in [2.45, 2.75) is 63.6 Å². The van der Waals surface area contributed by atoms with Gasteiger partial charge in [-0.15, -0.1) is 0 Å². The summed E-state index contributed by atoms with van der Waals surface area (Å²) in [5.74, 6) is 0.727. The Morgan fingerprint density at radius 2 is 1.96 bits per heavy atom. The third kappa shape index (κ3) is 2.45. The third-order valence-electron chi connectivity index (χ3n) is 5.72. The highest BCUT2D eigenvalue weighted by Gasteiger charge is 2.54. The van der Waals surface area contributed by atoms with Gasteiger partial charge in [0, 0.05) is 5.46 Å². The summed E-state index contributed by atoms with van der Waals surface area (Å²) >= 11 is 0. The van der Waals surface area contributed by atoms with E-state index in [2.05, 4.69) is 33.8 Å². The van der Waals surface area contributed by atoms with Gasteiger partial charge < -0.3 is 14.0 Å². The van der Waals surface area contributed by atoms with E-state index in [1.165, 1.54) is 0 Å². The molecule has 1 unspecified atom stereocenters. The fraction of sp³-hybridized carbons (Fsp3) is 0.611. The Morgan fingerprint density at radius 3 is 2.43 bits per heavy atom. The van der Waals surface area contributed by atoms with E-state index < -0.39 is 7.12 Å². The van der Waals surface area contributed by atoms with Gasteiger partial charge in [0.05, 0.1) is 29.8 Å². The Morgan fingerprint density at radius 1 is 1.26 bits per heavy atom. The van der Waals surface area contributed by atoms with Crippen LogP contribution in [0, 0.1) is 11.3 Å². The van der Waals surface area contributed by atoms with Gasteiger partial charge in [0.1, 0.15) is 5.75 Å². The molecule has 1 aliphatic carbocycles. The summed E-state index contributed by atoms with van der Waals surface area (Å²) in [5, 5.41) is 9.38. The second-order valence-electron chi connectivity index (χ2n) is 7.31. The highest BCUT2D eigenvalue weighted by molar-refractivity contribution is 6.63. The van der Waals surface area contributed by atoms with Crippen LogP contribution < -0.4 is 10.2 Å². The Balaban J connectivity index is 1.94. The first-order valence-electron chi connectivity index (χ1n) is 8.26. The van der Waals surface area contributed by atoms with Crippen LogP contribution in [0.5, 0.6) is 5.75 Å². The van der Waals surface area contributed by atoms with Crippen LogP contribution >= 0.6 is 0 Å². The lowest BCUT2D eigenvalue weighted by Crippen LogP contribution is -2.44. The monoisotopic (exact) mass is 313 g/mol. The van der Waals surface area contributed by atoms with E-state index >= 15 is 0 Å². The van der Waals surface area contributed by atoms with E-state index in [0.717, 1.165) is 36.0 Å². The van der Waals surface area contributed by atoms with Crippen molar-refractivity contribution in [1.82, 2.24) is 0 Å². The molecular formula is C18H24BNO3. The van der Waals surface area contributed by atoms with Gasteiger partial charge >= 0.3 is 7.12 Å². The topological polar surface area (TPSA) is 51.5 Å². The van der Waals surface area contributed by atoms with Gasteiger partial charge in [-0.25, -0.2) is 0 Å². The molecule has 3 rings (SSSR count). The highest BCUT2D eigenvalue weighted by atomic mass is 16.7. The maximum Gasteiger partial charge on any atom is 0.498 e. The number of ether oxygens (including phenoxy) is 1. The quantitative estimate of drug-likeness (QED) is 0.802. The number of nitriles is 1. The van der Waals surface area contributed by atoms with Crippen LogP contribution in [0.25, 0.3) is 0 Å². The van der Waals surface area contributed by atoms with Gasteiger partial charge in [0.25, 0.3) is 0 Å². The minimum atomic E-state index is -0.448. The molecule has 122 valence electrons. The Labute approximate surface area is 138 Å². The van der Waals surface area contributed by atoms with Gasteiger partial charge in [-0.3, -0.25) is 0 Å². The molecule has 1 heterocycles. The van der Waals surface area contributed by atoms with Crippen LogP contribution in [0.2, 0.25) is 0 Å². The lowest BCUT2D eigenvalue weighted by Gasteiger charge is -2.35. The minimum absolute atomic E-state index is 0.319. The lowest BCUT2D eigenvalue weighted by molar-refractivity contribution is -0.0118. The molecule has 0 aromatic heterocycles. The zero-order valence-corrected chi connectivity index (χ0v) is 14.6. The lowest BCUT2D eigenvalue weighted by atomic mass is 9.77. The molecule has 0 amide bonds. The Kier molecular flexibility index (Phi) is 3.74. The molecule has 2 aliphatic rings. The summed E-state index contributed by atoms with van der Waals surface area (Å²) in [6.45, 7) is 8.32. The molecule has 1 aromatic carbocycles. The predicted molar refractivity (Wildman–Crippen MR) is 89.9 cm³/mol. The van der Waals surface area contributed by atoms with Crippen molar-refractivity contribution in [3.05, 3.63) is 23.8 Å². The van der Waals surface area contributed by atoms with Crippen molar-refractivity contribution >= 4 is 12.6 Å². The van der Waals surface area contributed by atoms with E-state index in [-0.39, 0.29) is 16.6 Å². The summed E-state index contributed by atoms with van der Waals surface area (Å²) in [7, 11) is 1.20. The molecule has 4 nitrogen and oxygen atoms in total. The zero-order chi connectivity index (χ0) is 16.9. The van der Waals surface area contributed by atoms with Gasteiger partial charge in [0.2, 0.25) is 0 Å². The molecular weight excluding hydrogens is 289 g/mol. The number of benzene rings is 1. The maximum absolute atomic E-state index is 9.38. The number of rotatable bonds is 4. The molecule has 1 aromatic rings. The summed E-state index contributed by atoms with van der Waals surface area (Å²) < 4.78 is 18.0. The SMILES string of the molecule is CCC1(C)OB(c2ccc(C3(C#N)CC3)cc2OC)OC1(C)C. The molecule has 1 saturated heterocycles. The highest BCUT2D eigenvalue weighted by Crippen LogP contribution is 2.48. The first kappa shape index (κ1) is 16.4. The zero-order valence-electron chi connectivity index (χ0n) is 14.6. The van der Waals surface area contributed by atoms with E-state index in [0.29, 0.717) is 0 Å². The van der Waals surface area contributed by atoms with Crippen molar-refractivity contribution in [3.8, 4) is 11.8 Å². The van der Waals surface area contributed by atoms with Crippen LogP contribution in [0.1, 0.15) is 52.5 Å². The molecule has 0 bridgehead atoms. The standard InChI is InChI=1S/C18H24BNO3/c1-6-17(4)16(2,3)22-19(23-17)14-8-7-13(11-15(14)21-5)18(12-20)9-10-18/h7-8,11H,6,9-10H2,1-5H3. The number of hydrogen-bond donors (Lipinski definition) is 0. The van der Waals surface area contributed by atoms with Crippen molar-refractivity contribution in [2.75, 3.05) is 7.11 Å². The van der Waals surface area contributed by atoms with Crippen LogP contribution in [-0.4, -0.2) is 25.4 Å². The maximum atomic E-state index is 9.38. The summed E-state index contributed by atoms with van der Waals surface area (Å²) in [6.07, 6.45) is 2.71. The van der Waals surface area contributed by atoms with E-state index in [9.17, 15) is 5.26 Å². The first-order valence-corrected chi connectivity index (χ1v) is 8.26. The molecule has 1 aliphatic heterocycles. The molecule has 0 spiro atoms. The van der Waals surface area contributed by atoms with Crippen molar-refractivity contribution in [2.24, 2.45) is 0 Å². The summed E-state index contributed by atoms with van der Waals surface area (Å²) in [4.78, 5) is 0. The van der Waals surface area contributed by atoms with Crippen molar-refractivity contribution in [3.63, 3.8) is 0 Å². The smallest absolute Gasteiger partial charge is 0.497 e. The number of hydrogen-bond acceptors (Lipinski definition) is 4. The Hall–Kier alpha value is -1.51. The average molecular weight is 313 g/mol. The van der Waals surface area contributed by atoms with Gasteiger partial charge in [-0.05, 0) is 51.7 Å². The van der Waals surface area contributed by atoms with E-state index in [1.54, 1.807) is 7.11 Å². The molecule has 5 heteroatoms. The van der Waals surface area contributed by atoms with E-state index in [1.807, 2.05) is 18.2 Å². The van der Waals surface area contributed by atoms with Crippen molar-refractivity contribution in [1.29, 1.82) is 5.26 Å². The normalized spacial score (nSPS) is 27.6. The first-order chi connectivity index (χ1) is 10.8. The number of methoxy groups -OCH3 is 1. The summed E-state index contributed by atoms with van der Waals surface area (Å²) in [6, 6.07) is 8.38.